The number of hydrogen-bond acceptors (Lipinski definition) is 4. The van der Waals surface area contributed by atoms with E-state index in [1.807, 2.05) is 61.2 Å². The number of piperazine rings is 1. The highest BCUT2D eigenvalue weighted by Gasteiger charge is 2.23. The molecule has 1 N–H and O–H groups in total. The van der Waals surface area contributed by atoms with Gasteiger partial charge in [-0.15, -0.1) is 0 Å². The Morgan fingerprint density at radius 2 is 1.59 bits per heavy atom. The van der Waals surface area contributed by atoms with Crippen molar-refractivity contribution in [3.05, 3.63) is 48.5 Å². The van der Waals surface area contributed by atoms with E-state index in [0.717, 1.165) is 36.0 Å². The third-order valence-corrected chi connectivity index (χ3v) is 4.49. The molecule has 1 fully saturated rings. The number of rotatable bonds is 6. The van der Waals surface area contributed by atoms with Gasteiger partial charge in [0.15, 0.2) is 0 Å². The molecule has 2 aromatic rings. The molecule has 0 aromatic heterocycles. The maximum Gasteiger partial charge on any atom is 0.321 e. The lowest BCUT2D eigenvalue weighted by molar-refractivity contribution is 0.208. The third-order valence-electron chi connectivity index (χ3n) is 4.49. The highest BCUT2D eigenvalue weighted by molar-refractivity contribution is 5.89. The van der Waals surface area contributed by atoms with Crippen molar-refractivity contribution in [2.24, 2.45) is 0 Å². The van der Waals surface area contributed by atoms with Gasteiger partial charge in [0.25, 0.3) is 0 Å². The van der Waals surface area contributed by atoms with Crippen LogP contribution >= 0.6 is 0 Å². The first-order valence-corrected chi connectivity index (χ1v) is 9.46. The smallest absolute Gasteiger partial charge is 0.321 e. The summed E-state index contributed by atoms with van der Waals surface area (Å²) in [5.74, 6) is 1.70. The molecule has 0 aliphatic carbocycles. The number of nitrogens with one attached hydrogen (secondary N) is 1. The van der Waals surface area contributed by atoms with E-state index in [0.29, 0.717) is 26.3 Å². The molecule has 27 heavy (non-hydrogen) atoms. The molecule has 1 aliphatic heterocycles. The average Bonchev–Trinajstić information content (AvgIpc) is 2.70. The van der Waals surface area contributed by atoms with Crippen LogP contribution in [0.25, 0.3) is 0 Å². The maximum atomic E-state index is 12.5. The van der Waals surface area contributed by atoms with Crippen molar-refractivity contribution in [1.82, 2.24) is 4.90 Å². The molecule has 0 unspecified atom stereocenters. The minimum atomic E-state index is -0.0723. The predicted octanol–water partition coefficient (Wildman–Crippen LogP) is 3.84. The van der Waals surface area contributed by atoms with Gasteiger partial charge in [0.1, 0.15) is 11.5 Å². The number of carbonyl (C=O) groups excluding carboxylic acids is 1. The summed E-state index contributed by atoms with van der Waals surface area (Å²) in [6.45, 7) is 8.10. The van der Waals surface area contributed by atoms with Crippen LogP contribution in [0.5, 0.6) is 11.5 Å². The minimum Gasteiger partial charge on any atom is -0.494 e. The molecular weight excluding hydrogens is 342 g/mol. The third kappa shape index (κ3) is 4.84. The van der Waals surface area contributed by atoms with Gasteiger partial charge in [-0.05, 0) is 50.2 Å². The van der Waals surface area contributed by atoms with Crippen LogP contribution in [0.2, 0.25) is 0 Å². The van der Waals surface area contributed by atoms with Gasteiger partial charge in [0, 0.05) is 31.9 Å². The van der Waals surface area contributed by atoms with Gasteiger partial charge in [-0.1, -0.05) is 12.1 Å². The molecule has 0 atom stereocenters. The number of anilines is 2. The second-order valence-electron chi connectivity index (χ2n) is 6.26. The summed E-state index contributed by atoms with van der Waals surface area (Å²) in [5.41, 5.74) is 1.86. The van der Waals surface area contributed by atoms with Crippen LogP contribution in [0.1, 0.15) is 13.8 Å². The largest absolute Gasteiger partial charge is 0.494 e. The fraction of sp³-hybridized carbons (Fsp3) is 0.381. The van der Waals surface area contributed by atoms with Crippen LogP contribution in [0.15, 0.2) is 48.5 Å². The monoisotopic (exact) mass is 369 g/mol. The molecule has 0 saturated carbocycles. The molecule has 1 heterocycles. The van der Waals surface area contributed by atoms with Gasteiger partial charge < -0.3 is 24.6 Å². The zero-order chi connectivity index (χ0) is 19.1. The van der Waals surface area contributed by atoms with E-state index >= 15 is 0 Å². The van der Waals surface area contributed by atoms with Gasteiger partial charge in [-0.3, -0.25) is 0 Å². The highest BCUT2D eigenvalue weighted by atomic mass is 16.5. The molecule has 1 aliphatic rings. The molecule has 0 bridgehead atoms. The Morgan fingerprint density at radius 3 is 2.26 bits per heavy atom. The lowest BCUT2D eigenvalue weighted by Crippen LogP contribution is -2.50. The summed E-state index contributed by atoms with van der Waals surface area (Å²) in [6, 6.07) is 15.4. The summed E-state index contributed by atoms with van der Waals surface area (Å²) in [5, 5.41) is 2.96. The van der Waals surface area contributed by atoms with Gasteiger partial charge in [-0.2, -0.15) is 0 Å². The molecule has 1 saturated heterocycles. The zero-order valence-corrected chi connectivity index (χ0v) is 16.0. The van der Waals surface area contributed by atoms with Crippen molar-refractivity contribution < 1.29 is 14.3 Å². The fourth-order valence-corrected chi connectivity index (χ4v) is 3.15. The number of nitrogens with zero attached hydrogens (tertiary/aromatic N) is 2. The lowest BCUT2D eigenvalue weighted by atomic mass is 10.2. The van der Waals surface area contributed by atoms with Crippen molar-refractivity contribution in [2.45, 2.75) is 13.8 Å². The molecule has 0 radical (unpaired) electrons. The summed E-state index contributed by atoms with van der Waals surface area (Å²) in [6.07, 6.45) is 0. The Kier molecular flexibility index (Phi) is 6.41. The Bertz CT molecular complexity index is 741. The number of amides is 2. The van der Waals surface area contributed by atoms with Crippen LogP contribution in [0.4, 0.5) is 16.2 Å². The SMILES string of the molecule is CCOc1ccc(NC(=O)N2CCN(c3ccccc3OCC)CC2)cc1. The van der Waals surface area contributed by atoms with Gasteiger partial charge in [0.2, 0.25) is 0 Å². The standard InChI is InChI=1S/C21H27N3O3/c1-3-26-18-11-9-17(10-12-18)22-21(25)24-15-13-23(14-16-24)19-7-5-6-8-20(19)27-4-2/h5-12H,3-4,13-16H2,1-2H3,(H,22,25). The quantitative estimate of drug-likeness (QED) is 0.841. The van der Waals surface area contributed by atoms with Crippen molar-refractivity contribution in [2.75, 3.05) is 49.6 Å². The fourth-order valence-electron chi connectivity index (χ4n) is 3.15. The Labute approximate surface area is 160 Å². The normalized spacial score (nSPS) is 14.0. The number of ether oxygens (including phenoxy) is 2. The van der Waals surface area contributed by atoms with Crippen LogP contribution in [-0.2, 0) is 0 Å². The van der Waals surface area contributed by atoms with Crippen LogP contribution in [0, 0.1) is 0 Å². The Balaban J connectivity index is 1.55. The maximum absolute atomic E-state index is 12.5. The lowest BCUT2D eigenvalue weighted by Gasteiger charge is -2.36. The predicted molar refractivity (Wildman–Crippen MR) is 108 cm³/mol. The number of urea groups is 1. The number of carbonyl (C=O) groups is 1. The summed E-state index contributed by atoms with van der Waals surface area (Å²) < 4.78 is 11.1. The van der Waals surface area contributed by atoms with E-state index in [9.17, 15) is 4.79 Å². The molecule has 2 amide bonds. The van der Waals surface area contributed by atoms with Crippen LogP contribution in [0.3, 0.4) is 0 Å². The van der Waals surface area contributed by atoms with Gasteiger partial charge in [-0.25, -0.2) is 4.79 Å². The topological polar surface area (TPSA) is 54.0 Å². The minimum absolute atomic E-state index is 0.0723. The van der Waals surface area contributed by atoms with E-state index in [2.05, 4.69) is 16.3 Å². The molecule has 6 nitrogen and oxygen atoms in total. The van der Waals surface area contributed by atoms with E-state index in [-0.39, 0.29) is 6.03 Å². The highest BCUT2D eigenvalue weighted by Crippen LogP contribution is 2.29. The van der Waals surface area contributed by atoms with Crippen LogP contribution in [-0.4, -0.2) is 50.3 Å². The molecule has 3 rings (SSSR count). The second-order valence-corrected chi connectivity index (χ2v) is 6.26. The first kappa shape index (κ1) is 18.9. The van der Waals surface area contributed by atoms with Crippen molar-refractivity contribution >= 4 is 17.4 Å². The molecule has 6 heteroatoms. The molecule has 2 aromatic carbocycles. The van der Waals surface area contributed by atoms with E-state index in [4.69, 9.17) is 9.47 Å². The summed E-state index contributed by atoms with van der Waals surface area (Å²) >= 11 is 0. The Hall–Kier alpha value is -2.89. The van der Waals surface area contributed by atoms with E-state index in [1.54, 1.807) is 0 Å². The van der Waals surface area contributed by atoms with Gasteiger partial charge >= 0.3 is 6.03 Å². The second kappa shape index (κ2) is 9.16. The summed E-state index contributed by atoms with van der Waals surface area (Å²) in [7, 11) is 0. The van der Waals surface area contributed by atoms with Crippen molar-refractivity contribution in [1.29, 1.82) is 0 Å². The van der Waals surface area contributed by atoms with E-state index in [1.165, 1.54) is 0 Å². The Morgan fingerprint density at radius 1 is 0.926 bits per heavy atom. The molecule has 144 valence electrons. The molecule has 0 spiro atoms. The number of benzene rings is 2. The van der Waals surface area contributed by atoms with Crippen LogP contribution < -0.4 is 19.7 Å². The first-order chi connectivity index (χ1) is 13.2. The van der Waals surface area contributed by atoms with Crippen molar-refractivity contribution in [3.63, 3.8) is 0 Å². The average molecular weight is 369 g/mol. The number of para-hydroxylation sites is 2. The summed E-state index contributed by atoms with van der Waals surface area (Å²) in [4.78, 5) is 16.6. The molecular formula is C21H27N3O3. The zero-order valence-electron chi connectivity index (χ0n) is 16.0. The van der Waals surface area contributed by atoms with Gasteiger partial charge in [0.05, 0.1) is 18.9 Å². The van der Waals surface area contributed by atoms with E-state index < -0.39 is 0 Å². The first-order valence-electron chi connectivity index (χ1n) is 9.46. The van der Waals surface area contributed by atoms with Crippen molar-refractivity contribution in [3.8, 4) is 11.5 Å². The number of hydrogen-bond donors (Lipinski definition) is 1.